The number of benzene rings is 1. The molecule has 19 heavy (non-hydrogen) atoms. The number of hydrogen-bond acceptors (Lipinski definition) is 4. The summed E-state index contributed by atoms with van der Waals surface area (Å²) in [5.74, 6) is 1.97. The quantitative estimate of drug-likeness (QED) is 0.888. The highest BCUT2D eigenvalue weighted by Crippen LogP contribution is 2.31. The average molecular weight is 321 g/mol. The van der Waals surface area contributed by atoms with Crippen LogP contribution in [0.2, 0.25) is 0 Å². The fourth-order valence-corrected chi connectivity index (χ4v) is 2.38. The van der Waals surface area contributed by atoms with E-state index in [4.69, 9.17) is 0 Å². The second-order valence-electron chi connectivity index (χ2n) is 4.50. The van der Waals surface area contributed by atoms with Crippen molar-refractivity contribution in [3.8, 4) is 0 Å². The van der Waals surface area contributed by atoms with Crippen LogP contribution in [0.5, 0.6) is 0 Å². The molecule has 0 fully saturated rings. The molecule has 0 amide bonds. The summed E-state index contributed by atoms with van der Waals surface area (Å²) in [6.45, 7) is 4.35. The Bertz CT molecular complexity index is 569. The molecule has 0 aliphatic heterocycles. The lowest BCUT2D eigenvalue weighted by Gasteiger charge is -2.15. The van der Waals surface area contributed by atoms with Gasteiger partial charge in [-0.3, -0.25) is 0 Å². The first-order valence-corrected chi connectivity index (χ1v) is 6.97. The SMILES string of the molecule is CNc1ncnc(Nc2ccccc2C(C)C)c1Br. The van der Waals surface area contributed by atoms with Gasteiger partial charge in [0.15, 0.2) is 0 Å². The molecule has 0 aliphatic rings. The monoisotopic (exact) mass is 320 g/mol. The Kier molecular flexibility index (Phi) is 4.37. The van der Waals surface area contributed by atoms with E-state index in [1.54, 1.807) is 0 Å². The molecule has 0 aliphatic carbocycles. The Labute approximate surface area is 121 Å². The van der Waals surface area contributed by atoms with Crippen LogP contribution in [0.1, 0.15) is 25.3 Å². The lowest BCUT2D eigenvalue weighted by atomic mass is 10.0. The third kappa shape index (κ3) is 3.04. The van der Waals surface area contributed by atoms with Crippen molar-refractivity contribution in [2.75, 3.05) is 17.7 Å². The zero-order chi connectivity index (χ0) is 13.8. The topological polar surface area (TPSA) is 49.8 Å². The van der Waals surface area contributed by atoms with E-state index in [1.807, 2.05) is 13.1 Å². The third-order valence-electron chi connectivity index (χ3n) is 2.86. The predicted molar refractivity (Wildman–Crippen MR) is 83.1 cm³/mol. The van der Waals surface area contributed by atoms with E-state index < -0.39 is 0 Å². The first-order valence-electron chi connectivity index (χ1n) is 6.17. The molecule has 4 nitrogen and oxygen atoms in total. The van der Waals surface area contributed by atoms with E-state index in [0.29, 0.717) is 5.92 Å². The summed E-state index contributed by atoms with van der Waals surface area (Å²) in [7, 11) is 1.83. The minimum atomic E-state index is 0.452. The van der Waals surface area contributed by atoms with Gasteiger partial charge < -0.3 is 10.6 Å². The van der Waals surface area contributed by atoms with Crippen molar-refractivity contribution in [1.29, 1.82) is 0 Å². The normalized spacial score (nSPS) is 10.6. The van der Waals surface area contributed by atoms with Crippen molar-refractivity contribution in [2.24, 2.45) is 0 Å². The summed E-state index contributed by atoms with van der Waals surface area (Å²) >= 11 is 3.51. The Morgan fingerprint density at radius 3 is 2.47 bits per heavy atom. The molecule has 0 spiro atoms. The van der Waals surface area contributed by atoms with Crippen LogP contribution in [0, 0.1) is 0 Å². The van der Waals surface area contributed by atoms with Crippen molar-refractivity contribution in [3.05, 3.63) is 40.6 Å². The first-order chi connectivity index (χ1) is 9.13. The van der Waals surface area contributed by atoms with Crippen LogP contribution in [0.15, 0.2) is 35.1 Å². The maximum Gasteiger partial charge on any atom is 0.150 e. The molecule has 2 N–H and O–H groups in total. The van der Waals surface area contributed by atoms with Crippen molar-refractivity contribution in [3.63, 3.8) is 0 Å². The number of rotatable bonds is 4. The Balaban J connectivity index is 2.37. The molecule has 100 valence electrons. The molecule has 1 heterocycles. The zero-order valence-corrected chi connectivity index (χ0v) is 12.8. The summed E-state index contributed by atoms with van der Waals surface area (Å²) in [5, 5.41) is 6.38. The van der Waals surface area contributed by atoms with Gasteiger partial charge >= 0.3 is 0 Å². The third-order valence-corrected chi connectivity index (χ3v) is 3.61. The Morgan fingerprint density at radius 2 is 1.79 bits per heavy atom. The van der Waals surface area contributed by atoms with Crippen molar-refractivity contribution in [1.82, 2.24) is 9.97 Å². The molecule has 5 heteroatoms. The van der Waals surface area contributed by atoms with Gasteiger partial charge in [0.05, 0.1) is 0 Å². The second-order valence-corrected chi connectivity index (χ2v) is 5.29. The van der Waals surface area contributed by atoms with Gasteiger partial charge in [-0.05, 0) is 33.5 Å². The molecule has 0 radical (unpaired) electrons. The number of nitrogens with zero attached hydrogens (tertiary/aromatic N) is 2. The molecular formula is C14H17BrN4. The van der Waals surface area contributed by atoms with Gasteiger partial charge in [0, 0.05) is 12.7 Å². The fourth-order valence-electron chi connectivity index (χ4n) is 1.87. The van der Waals surface area contributed by atoms with Gasteiger partial charge in [-0.1, -0.05) is 32.0 Å². The van der Waals surface area contributed by atoms with Crippen molar-refractivity contribution < 1.29 is 0 Å². The van der Waals surface area contributed by atoms with E-state index in [0.717, 1.165) is 21.8 Å². The number of halogens is 1. The van der Waals surface area contributed by atoms with Gasteiger partial charge in [0.2, 0.25) is 0 Å². The van der Waals surface area contributed by atoms with Gasteiger partial charge in [0.25, 0.3) is 0 Å². The van der Waals surface area contributed by atoms with E-state index in [2.05, 4.69) is 68.6 Å². The summed E-state index contributed by atoms with van der Waals surface area (Å²) in [6.07, 6.45) is 1.54. The second kappa shape index (κ2) is 6.02. The highest BCUT2D eigenvalue weighted by atomic mass is 79.9. The lowest BCUT2D eigenvalue weighted by Crippen LogP contribution is -2.02. The maximum atomic E-state index is 4.27. The first kappa shape index (κ1) is 13.8. The van der Waals surface area contributed by atoms with Gasteiger partial charge in [-0.2, -0.15) is 0 Å². The predicted octanol–water partition coefficient (Wildman–Crippen LogP) is 4.15. The Morgan fingerprint density at radius 1 is 1.11 bits per heavy atom. The van der Waals surface area contributed by atoms with E-state index >= 15 is 0 Å². The van der Waals surface area contributed by atoms with Crippen LogP contribution in [0.3, 0.4) is 0 Å². The fraction of sp³-hybridized carbons (Fsp3) is 0.286. The highest BCUT2D eigenvalue weighted by molar-refractivity contribution is 9.10. The number of aromatic nitrogens is 2. The Hall–Kier alpha value is -1.62. The minimum Gasteiger partial charge on any atom is -0.372 e. The van der Waals surface area contributed by atoms with E-state index in [1.165, 1.54) is 11.9 Å². The molecule has 1 aromatic heterocycles. The smallest absolute Gasteiger partial charge is 0.150 e. The van der Waals surface area contributed by atoms with Crippen molar-refractivity contribution >= 4 is 33.3 Å². The zero-order valence-electron chi connectivity index (χ0n) is 11.2. The standard InChI is InChI=1S/C14H17BrN4/c1-9(2)10-6-4-5-7-11(10)19-14-12(15)13(16-3)17-8-18-14/h4-9H,1-3H3,(H2,16,17,18,19). The van der Waals surface area contributed by atoms with Gasteiger partial charge in [0.1, 0.15) is 22.4 Å². The van der Waals surface area contributed by atoms with Gasteiger partial charge in [-0.25, -0.2) is 9.97 Å². The largest absolute Gasteiger partial charge is 0.372 e. The van der Waals surface area contributed by atoms with E-state index in [9.17, 15) is 0 Å². The summed E-state index contributed by atoms with van der Waals surface area (Å²) in [4.78, 5) is 8.42. The van der Waals surface area contributed by atoms with Crippen LogP contribution in [-0.4, -0.2) is 17.0 Å². The molecule has 0 saturated carbocycles. The average Bonchev–Trinajstić information content (AvgIpc) is 2.41. The summed E-state index contributed by atoms with van der Waals surface area (Å²) < 4.78 is 0.830. The van der Waals surface area contributed by atoms with Crippen LogP contribution < -0.4 is 10.6 Å². The number of nitrogens with one attached hydrogen (secondary N) is 2. The lowest BCUT2D eigenvalue weighted by molar-refractivity contribution is 0.869. The van der Waals surface area contributed by atoms with Crippen LogP contribution in [0.25, 0.3) is 0 Å². The number of para-hydroxylation sites is 1. The molecule has 2 rings (SSSR count). The van der Waals surface area contributed by atoms with Gasteiger partial charge in [-0.15, -0.1) is 0 Å². The van der Waals surface area contributed by atoms with Crippen LogP contribution in [-0.2, 0) is 0 Å². The molecule has 1 aromatic carbocycles. The van der Waals surface area contributed by atoms with Crippen LogP contribution in [0.4, 0.5) is 17.3 Å². The van der Waals surface area contributed by atoms with Crippen LogP contribution >= 0.6 is 15.9 Å². The maximum absolute atomic E-state index is 4.27. The molecule has 2 aromatic rings. The van der Waals surface area contributed by atoms with Crippen molar-refractivity contribution in [2.45, 2.75) is 19.8 Å². The summed E-state index contributed by atoms with van der Waals surface area (Å²) in [5.41, 5.74) is 2.33. The molecule has 0 bridgehead atoms. The summed E-state index contributed by atoms with van der Waals surface area (Å²) in [6, 6.07) is 8.25. The minimum absolute atomic E-state index is 0.452. The molecule has 0 unspecified atom stereocenters. The number of hydrogen-bond donors (Lipinski definition) is 2. The molecule has 0 saturated heterocycles. The highest BCUT2D eigenvalue weighted by Gasteiger charge is 2.10. The molecule has 0 atom stereocenters. The van der Waals surface area contributed by atoms with E-state index in [-0.39, 0.29) is 0 Å². The number of anilines is 3. The molecular weight excluding hydrogens is 304 g/mol.